The van der Waals surface area contributed by atoms with Crippen LogP contribution < -0.4 is 9.47 Å². The minimum absolute atomic E-state index is 0.776. The van der Waals surface area contributed by atoms with E-state index in [0.717, 1.165) is 22.7 Å². The van der Waals surface area contributed by atoms with E-state index in [4.69, 9.17) is 9.47 Å². The van der Waals surface area contributed by atoms with Crippen LogP contribution >= 0.6 is 0 Å². The van der Waals surface area contributed by atoms with Crippen LogP contribution in [-0.4, -0.2) is 20.4 Å². The summed E-state index contributed by atoms with van der Waals surface area (Å²) in [5.41, 5.74) is 4.32. The van der Waals surface area contributed by atoms with Crippen molar-refractivity contribution in [3.8, 4) is 11.5 Å². The molecule has 0 amide bonds. The van der Waals surface area contributed by atoms with Gasteiger partial charge in [0.2, 0.25) is 0 Å². The van der Waals surface area contributed by atoms with Crippen LogP contribution in [0.25, 0.3) is 0 Å². The first kappa shape index (κ1) is 14.1. The molecule has 2 rings (SSSR count). The predicted octanol–water partition coefficient (Wildman–Crippen LogP) is 4.07. The summed E-state index contributed by atoms with van der Waals surface area (Å²) in [6, 6.07) is 11.8. The van der Waals surface area contributed by atoms with Gasteiger partial charge >= 0.3 is 0 Å². The Hall–Kier alpha value is -2.29. The van der Waals surface area contributed by atoms with Crippen molar-refractivity contribution in [1.29, 1.82) is 0 Å². The van der Waals surface area contributed by atoms with E-state index in [1.165, 1.54) is 11.1 Å². The van der Waals surface area contributed by atoms with Crippen LogP contribution in [0.4, 0.5) is 5.69 Å². The first-order valence-corrected chi connectivity index (χ1v) is 6.47. The zero-order valence-electron chi connectivity index (χ0n) is 12.3. The van der Waals surface area contributed by atoms with Gasteiger partial charge in [-0.2, -0.15) is 0 Å². The molecule has 0 spiro atoms. The van der Waals surface area contributed by atoms with Crippen molar-refractivity contribution in [2.24, 2.45) is 4.99 Å². The Morgan fingerprint density at radius 2 is 1.70 bits per heavy atom. The molecule has 0 bridgehead atoms. The summed E-state index contributed by atoms with van der Waals surface area (Å²) in [6.45, 7) is 4.17. The molecule has 0 saturated carbocycles. The van der Waals surface area contributed by atoms with E-state index in [9.17, 15) is 0 Å². The van der Waals surface area contributed by atoms with Crippen molar-refractivity contribution in [1.82, 2.24) is 0 Å². The van der Waals surface area contributed by atoms with Gasteiger partial charge in [-0.3, -0.25) is 4.99 Å². The van der Waals surface area contributed by atoms with E-state index in [0.29, 0.717) is 0 Å². The van der Waals surface area contributed by atoms with Crippen molar-refractivity contribution in [2.45, 2.75) is 13.8 Å². The molecule has 0 aliphatic carbocycles. The fraction of sp³-hybridized carbons (Fsp3) is 0.235. The molecule has 0 saturated heterocycles. The SMILES string of the molecule is COc1ccc(OC)c(C=Nc2ccc(C)c(C)c2)c1. The molecule has 0 fully saturated rings. The second-order valence-corrected chi connectivity index (χ2v) is 4.63. The number of benzene rings is 2. The van der Waals surface area contributed by atoms with E-state index in [1.54, 1.807) is 20.4 Å². The lowest BCUT2D eigenvalue weighted by Gasteiger charge is -2.07. The van der Waals surface area contributed by atoms with E-state index in [-0.39, 0.29) is 0 Å². The number of methoxy groups -OCH3 is 2. The third kappa shape index (κ3) is 3.18. The van der Waals surface area contributed by atoms with E-state index in [1.807, 2.05) is 24.3 Å². The fourth-order valence-corrected chi connectivity index (χ4v) is 1.89. The Bertz CT molecular complexity index is 633. The molecule has 104 valence electrons. The Labute approximate surface area is 119 Å². The number of aliphatic imine (C=N–C) groups is 1. The second kappa shape index (κ2) is 6.24. The molecular weight excluding hydrogens is 250 g/mol. The molecule has 0 aliphatic heterocycles. The zero-order valence-corrected chi connectivity index (χ0v) is 12.3. The standard InChI is InChI=1S/C17H19NO2/c1-12-5-6-15(9-13(12)2)18-11-14-10-16(19-3)7-8-17(14)20-4/h5-11H,1-4H3. The van der Waals surface area contributed by atoms with Gasteiger partial charge in [0, 0.05) is 11.8 Å². The van der Waals surface area contributed by atoms with Gasteiger partial charge < -0.3 is 9.47 Å². The maximum Gasteiger partial charge on any atom is 0.127 e. The van der Waals surface area contributed by atoms with Gasteiger partial charge in [0.1, 0.15) is 11.5 Å². The lowest BCUT2D eigenvalue weighted by molar-refractivity contribution is 0.402. The molecule has 0 atom stereocenters. The van der Waals surface area contributed by atoms with Crippen LogP contribution in [0.3, 0.4) is 0 Å². The number of ether oxygens (including phenoxy) is 2. The second-order valence-electron chi connectivity index (χ2n) is 4.63. The van der Waals surface area contributed by atoms with Gasteiger partial charge in [-0.05, 0) is 55.3 Å². The van der Waals surface area contributed by atoms with Gasteiger partial charge in [0.15, 0.2) is 0 Å². The van der Waals surface area contributed by atoms with Crippen molar-refractivity contribution < 1.29 is 9.47 Å². The van der Waals surface area contributed by atoms with Gasteiger partial charge in [0.05, 0.1) is 19.9 Å². The fourth-order valence-electron chi connectivity index (χ4n) is 1.89. The lowest BCUT2D eigenvalue weighted by Crippen LogP contribution is -1.92. The van der Waals surface area contributed by atoms with Gasteiger partial charge in [-0.25, -0.2) is 0 Å². The molecular formula is C17H19NO2. The summed E-state index contributed by atoms with van der Waals surface area (Å²) in [4.78, 5) is 4.50. The molecule has 0 heterocycles. The quantitative estimate of drug-likeness (QED) is 0.783. The van der Waals surface area contributed by atoms with Crippen molar-refractivity contribution in [3.05, 3.63) is 53.1 Å². The zero-order chi connectivity index (χ0) is 14.5. The smallest absolute Gasteiger partial charge is 0.127 e. The number of rotatable bonds is 4. The normalized spacial score (nSPS) is 10.8. The Morgan fingerprint density at radius 3 is 2.35 bits per heavy atom. The number of hydrogen-bond donors (Lipinski definition) is 0. The Kier molecular flexibility index (Phi) is 4.41. The molecule has 0 radical (unpaired) electrons. The van der Waals surface area contributed by atoms with Crippen LogP contribution in [0.5, 0.6) is 11.5 Å². The lowest BCUT2D eigenvalue weighted by atomic mass is 10.1. The van der Waals surface area contributed by atoms with Crippen LogP contribution in [0.1, 0.15) is 16.7 Å². The molecule has 2 aromatic carbocycles. The summed E-state index contributed by atoms with van der Waals surface area (Å²) in [5, 5.41) is 0. The molecule has 0 N–H and O–H groups in total. The number of nitrogens with zero attached hydrogens (tertiary/aromatic N) is 1. The average molecular weight is 269 g/mol. The van der Waals surface area contributed by atoms with Crippen molar-refractivity contribution >= 4 is 11.9 Å². The molecule has 0 unspecified atom stereocenters. The molecule has 3 nitrogen and oxygen atoms in total. The Morgan fingerprint density at radius 1 is 0.900 bits per heavy atom. The molecule has 3 heteroatoms. The summed E-state index contributed by atoms with van der Waals surface area (Å²) in [6.07, 6.45) is 1.80. The predicted molar refractivity (Wildman–Crippen MR) is 82.7 cm³/mol. The number of hydrogen-bond acceptors (Lipinski definition) is 3. The summed E-state index contributed by atoms with van der Waals surface area (Å²) in [5.74, 6) is 1.56. The highest BCUT2D eigenvalue weighted by Crippen LogP contribution is 2.23. The van der Waals surface area contributed by atoms with Gasteiger partial charge in [-0.15, -0.1) is 0 Å². The van der Waals surface area contributed by atoms with Crippen LogP contribution in [0.2, 0.25) is 0 Å². The van der Waals surface area contributed by atoms with E-state index < -0.39 is 0 Å². The minimum Gasteiger partial charge on any atom is -0.497 e. The summed E-state index contributed by atoms with van der Waals surface area (Å²) >= 11 is 0. The largest absolute Gasteiger partial charge is 0.497 e. The molecule has 0 aromatic heterocycles. The third-order valence-electron chi connectivity index (χ3n) is 3.28. The number of aryl methyl sites for hydroxylation is 2. The molecule has 0 aliphatic rings. The summed E-state index contributed by atoms with van der Waals surface area (Å²) < 4.78 is 10.6. The summed E-state index contributed by atoms with van der Waals surface area (Å²) in [7, 11) is 3.29. The van der Waals surface area contributed by atoms with Gasteiger partial charge in [0.25, 0.3) is 0 Å². The molecule has 20 heavy (non-hydrogen) atoms. The first-order valence-electron chi connectivity index (χ1n) is 6.47. The minimum atomic E-state index is 0.776. The van der Waals surface area contributed by atoms with E-state index in [2.05, 4.69) is 31.0 Å². The average Bonchev–Trinajstić information content (AvgIpc) is 2.48. The van der Waals surface area contributed by atoms with Crippen LogP contribution in [-0.2, 0) is 0 Å². The monoisotopic (exact) mass is 269 g/mol. The van der Waals surface area contributed by atoms with E-state index >= 15 is 0 Å². The highest BCUT2D eigenvalue weighted by Gasteiger charge is 2.02. The highest BCUT2D eigenvalue weighted by molar-refractivity contribution is 5.86. The van der Waals surface area contributed by atoms with Crippen molar-refractivity contribution in [3.63, 3.8) is 0 Å². The third-order valence-corrected chi connectivity index (χ3v) is 3.28. The topological polar surface area (TPSA) is 30.8 Å². The maximum atomic E-state index is 5.33. The van der Waals surface area contributed by atoms with Crippen LogP contribution in [0, 0.1) is 13.8 Å². The van der Waals surface area contributed by atoms with Crippen molar-refractivity contribution in [2.75, 3.05) is 14.2 Å². The van der Waals surface area contributed by atoms with Crippen LogP contribution in [0.15, 0.2) is 41.4 Å². The first-order chi connectivity index (χ1) is 9.63. The highest BCUT2D eigenvalue weighted by atomic mass is 16.5. The Balaban J connectivity index is 2.32. The van der Waals surface area contributed by atoms with Gasteiger partial charge in [-0.1, -0.05) is 6.07 Å². The molecule has 2 aromatic rings. The maximum absolute atomic E-state index is 5.33.